The van der Waals surface area contributed by atoms with E-state index in [4.69, 9.17) is 5.73 Å². The van der Waals surface area contributed by atoms with Crippen LogP contribution >= 0.6 is 11.8 Å². The number of ether oxygens (including phenoxy) is 1. The number of fused-ring (bicyclic) bond motifs is 1. The molecule has 194 valence electrons. The number of aryl methyl sites for hydroxylation is 1. The second kappa shape index (κ2) is 8.78. The molecule has 1 amide bonds. The van der Waals surface area contributed by atoms with Gasteiger partial charge in [-0.25, -0.2) is 27.5 Å². The molecule has 1 aromatic heterocycles. The number of carbonyl (C=O) groups excluding carboxylic acids is 1. The highest BCUT2D eigenvalue weighted by Gasteiger charge is 2.71. The minimum atomic E-state index is -4.60. The fourth-order valence-corrected chi connectivity index (χ4v) is 5.57. The van der Waals surface area contributed by atoms with E-state index in [0.717, 1.165) is 12.3 Å². The molecule has 2 aliphatic rings. The van der Waals surface area contributed by atoms with E-state index in [2.05, 4.69) is 25.0 Å². The summed E-state index contributed by atoms with van der Waals surface area (Å²) in [4.78, 5) is 24.3. The molecule has 0 unspecified atom stereocenters. The van der Waals surface area contributed by atoms with Gasteiger partial charge < -0.3 is 15.8 Å². The number of nitrogens with one attached hydrogen (secondary N) is 1. The zero-order chi connectivity index (χ0) is 26.6. The lowest BCUT2D eigenvalue weighted by Gasteiger charge is -2.34. The van der Waals surface area contributed by atoms with Crippen LogP contribution < -0.4 is 15.8 Å². The Morgan fingerprint density at radius 1 is 1.33 bits per heavy atom. The van der Waals surface area contributed by atoms with Crippen molar-refractivity contribution in [3.63, 3.8) is 0 Å². The molecule has 1 aliphatic carbocycles. The van der Waals surface area contributed by atoms with E-state index in [1.807, 2.05) is 0 Å². The Kier molecular flexibility index (Phi) is 6.34. The van der Waals surface area contributed by atoms with E-state index in [1.54, 1.807) is 0 Å². The van der Waals surface area contributed by atoms with Crippen LogP contribution in [0.25, 0.3) is 0 Å². The molecule has 1 aromatic carbocycles. The van der Waals surface area contributed by atoms with E-state index in [9.17, 15) is 35.5 Å². The third-order valence-electron chi connectivity index (χ3n) is 5.99. The molecule has 2 aromatic rings. The molecule has 3 N–H and O–H groups in total. The minimum absolute atomic E-state index is 0.0226. The van der Waals surface area contributed by atoms with Crippen molar-refractivity contribution in [3.8, 4) is 5.88 Å². The maximum atomic E-state index is 14.9. The second-order valence-corrected chi connectivity index (χ2v) is 9.91. The number of nitrogens with zero attached hydrogens (tertiary/aromatic N) is 3. The number of anilines is 1. The largest absolute Gasteiger partial charge is 0.467 e. The van der Waals surface area contributed by atoms with Gasteiger partial charge >= 0.3 is 6.18 Å². The van der Waals surface area contributed by atoms with Gasteiger partial charge in [0.2, 0.25) is 5.88 Å². The number of thioether (sulfide) groups is 1. The number of halogens is 7. The van der Waals surface area contributed by atoms with E-state index in [1.165, 1.54) is 13.8 Å². The number of amidine groups is 1. The fourth-order valence-electron chi connectivity index (χ4n) is 4.23. The van der Waals surface area contributed by atoms with Crippen LogP contribution in [0, 0.1) is 24.5 Å². The van der Waals surface area contributed by atoms with Crippen LogP contribution in [0.1, 0.15) is 35.1 Å². The van der Waals surface area contributed by atoms with Gasteiger partial charge in [-0.15, -0.1) is 0 Å². The number of rotatable bonds is 6. The Morgan fingerprint density at radius 3 is 2.64 bits per heavy atom. The molecule has 0 spiro atoms. The number of hydrogen-bond acceptors (Lipinski definition) is 7. The molecule has 0 radical (unpaired) electrons. The van der Waals surface area contributed by atoms with Crippen LogP contribution in [-0.4, -0.2) is 45.0 Å². The lowest BCUT2D eigenvalue weighted by Crippen LogP contribution is -2.39. The number of nitrogens with two attached hydrogens (primary N) is 1. The molecule has 36 heavy (non-hydrogen) atoms. The van der Waals surface area contributed by atoms with Gasteiger partial charge in [-0.05, 0) is 26.3 Å². The molecule has 1 saturated carbocycles. The first-order chi connectivity index (χ1) is 16.7. The molecule has 3 atom stereocenters. The van der Waals surface area contributed by atoms with Crippen LogP contribution in [0.3, 0.4) is 0 Å². The third kappa shape index (κ3) is 4.67. The number of aliphatic imine (C=N–C) groups is 1. The van der Waals surface area contributed by atoms with E-state index >= 15 is 0 Å². The number of benzene rings is 1. The first kappa shape index (κ1) is 26.0. The highest BCUT2D eigenvalue weighted by molar-refractivity contribution is 8.15. The highest BCUT2D eigenvalue weighted by atomic mass is 32.2. The first-order valence-electron chi connectivity index (χ1n) is 10.3. The van der Waals surface area contributed by atoms with Crippen LogP contribution in [0.2, 0.25) is 0 Å². The van der Waals surface area contributed by atoms with Gasteiger partial charge in [-0.1, -0.05) is 11.8 Å². The molecule has 1 aliphatic heterocycles. The van der Waals surface area contributed by atoms with Crippen LogP contribution in [0.15, 0.2) is 23.3 Å². The molecule has 0 saturated heterocycles. The van der Waals surface area contributed by atoms with Crippen LogP contribution in [0.5, 0.6) is 5.88 Å². The maximum absolute atomic E-state index is 14.9. The molecule has 1 fully saturated rings. The fraction of sp³-hybridized carbons (Fsp3) is 0.429. The monoisotopic (exact) mass is 537 g/mol. The summed E-state index contributed by atoms with van der Waals surface area (Å²) in [7, 11) is 0. The highest BCUT2D eigenvalue weighted by Crippen LogP contribution is 2.68. The summed E-state index contributed by atoms with van der Waals surface area (Å²) in [6, 6.07) is 1.75. The summed E-state index contributed by atoms with van der Waals surface area (Å²) in [5.41, 5.74) is 3.12. The molecular formula is C21H18F7N5O2S. The van der Waals surface area contributed by atoms with E-state index < -0.39 is 58.8 Å². The number of hydrogen-bond donors (Lipinski definition) is 2. The molecular weight excluding hydrogens is 519 g/mol. The van der Waals surface area contributed by atoms with Crippen LogP contribution in [0.4, 0.5) is 36.4 Å². The Morgan fingerprint density at radius 2 is 2.03 bits per heavy atom. The average molecular weight is 537 g/mol. The third-order valence-corrected chi connectivity index (χ3v) is 7.30. The Hall–Kier alpha value is -3.10. The van der Waals surface area contributed by atoms with Gasteiger partial charge in [0.25, 0.3) is 12.3 Å². The predicted octanol–water partition coefficient (Wildman–Crippen LogP) is 4.56. The van der Waals surface area contributed by atoms with E-state index in [0.29, 0.717) is 17.8 Å². The lowest BCUT2D eigenvalue weighted by molar-refractivity contribution is -0.154. The Bertz CT molecular complexity index is 1260. The number of amides is 1. The van der Waals surface area contributed by atoms with Gasteiger partial charge in [0.1, 0.15) is 5.69 Å². The molecule has 2 heterocycles. The van der Waals surface area contributed by atoms with Gasteiger partial charge in [-0.3, -0.25) is 9.79 Å². The van der Waals surface area contributed by atoms with Crippen LogP contribution in [-0.2, 0) is 5.54 Å². The van der Waals surface area contributed by atoms with Crippen molar-refractivity contribution in [1.82, 2.24) is 9.97 Å². The predicted molar refractivity (Wildman–Crippen MR) is 116 cm³/mol. The quantitative estimate of drug-likeness (QED) is 0.524. The Labute approximate surface area is 203 Å². The minimum Gasteiger partial charge on any atom is -0.467 e. The molecule has 4 rings (SSSR count). The van der Waals surface area contributed by atoms with Crippen molar-refractivity contribution in [2.24, 2.45) is 16.6 Å². The number of alkyl halides is 5. The SMILES string of the molecule is Cc1nc(OCC(F)(F)F)cnc1C(=O)Nc1cc(F)c(F)c([C@@]2(C)N=C(N)S[C@@]3(C(F)F)C[C@@H]23)c1. The maximum Gasteiger partial charge on any atom is 0.422 e. The van der Waals surface area contributed by atoms with Gasteiger partial charge in [0.05, 0.1) is 22.2 Å². The first-order valence-corrected chi connectivity index (χ1v) is 11.1. The van der Waals surface area contributed by atoms with Crippen molar-refractivity contribution in [2.45, 2.75) is 43.2 Å². The zero-order valence-corrected chi connectivity index (χ0v) is 19.4. The molecule has 0 bridgehead atoms. The summed E-state index contributed by atoms with van der Waals surface area (Å²) in [6.45, 7) is 1.05. The second-order valence-electron chi connectivity index (χ2n) is 8.53. The Balaban J connectivity index is 1.61. The topological polar surface area (TPSA) is 102 Å². The standard InChI is InChI=1S/C21H18F7N5O2S/c1-8-15(30-6-13(31-8)35-7-21(26,27)28)16(34)32-9-3-10(14(23)11(22)4-9)19(2)12-5-20(12,17(24)25)36-18(29)33-19/h3-4,6,12,17H,5,7H2,1-2H3,(H2,29,33)(H,32,34)/t12-,19+,20-/m0/s1. The normalized spacial score (nSPS) is 25.3. The van der Waals surface area contributed by atoms with Crippen molar-refractivity contribution in [3.05, 3.63) is 46.9 Å². The van der Waals surface area contributed by atoms with Crippen molar-refractivity contribution >= 4 is 28.5 Å². The van der Waals surface area contributed by atoms with Gasteiger partial charge in [0.15, 0.2) is 23.4 Å². The zero-order valence-electron chi connectivity index (χ0n) is 18.6. The molecule has 15 heteroatoms. The summed E-state index contributed by atoms with van der Waals surface area (Å²) in [5.74, 6) is -4.92. The number of aromatic nitrogens is 2. The summed E-state index contributed by atoms with van der Waals surface area (Å²) >= 11 is 0.701. The van der Waals surface area contributed by atoms with Gasteiger partial charge in [-0.2, -0.15) is 13.2 Å². The number of carbonyl (C=O) groups is 1. The van der Waals surface area contributed by atoms with Gasteiger partial charge in [0, 0.05) is 23.2 Å². The average Bonchev–Trinajstić information content (AvgIpc) is 3.51. The van der Waals surface area contributed by atoms with Crippen molar-refractivity contribution < 1.29 is 40.3 Å². The summed E-state index contributed by atoms with van der Waals surface area (Å²) in [6.07, 6.45) is -6.60. The van der Waals surface area contributed by atoms with E-state index in [-0.39, 0.29) is 34.2 Å². The lowest BCUT2D eigenvalue weighted by atomic mass is 9.85. The smallest absolute Gasteiger partial charge is 0.422 e. The molecule has 7 nitrogen and oxygen atoms in total. The summed E-state index contributed by atoms with van der Waals surface area (Å²) in [5, 5.41) is 2.11. The van der Waals surface area contributed by atoms with Crippen molar-refractivity contribution in [2.75, 3.05) is 11.9 Å². The van der Waals surface area contributed by atoms with Crippen molar-refractivity contribution in [1.29, 1.82) is 0 Å². The summed E-state index contributed by atoms with van der Waals surface area (Å²) < 4.78 is 96.7.